The van der Waals surface area contributed by atoms with Crippen molar-refractivity contribution in [1.82, 2.24) is 15.1 Å². The van der Waals surface area contributed by atoms with Crippen LogP contribution in [0.4, 0.5) is 0 Å². The first-order valence-electron chi connectivity index (χ1n) is 8.81. The summed E-state index contributed by atoms with van der Waals surface area (Å²) in [6.07, 6.45) is 6.77. The van der Waals surface area contributed by atoms with Crippen molar-refractivity contribution in [3.8, 4) is 0 Å². The predicted molar refractivity (Wildman–Crippen MR) is 88.3 cm³/mol. The third kappa shape index (κ3) is 3.19. The van der Waals surface area contributed by atoms with E-state index in [0.29, 0.717) is 30.5 Å². The Morgan fingerprint density at radius 3 is 2.70 bits per heavy atom. The van der Waals surface area contributed by atoms with Crippen LogP contribution in [0.5, 0.6) is 0 Å². The molecule has 0 unspecified atom stereocenters. The van der Waals surface area contributed by atoms with Crippen LogP contribution < -0.4 is 5.32 Å². The number of aromatic nitrogens is 2. The maximum atomic E-state index is 12.3. The molecule has 0 radical (unpaired) electrons. The first kappa shape index (κ1) is 16.2. The van der Waals surface area contributed by atoms with Crippen LogP contribution in [0.2, 0.25) is 0 Å². The molecule has 0 saturated heterocycles. The van der Waals surface area contributed by atoms with E-state index in [-0.39, 0.29) is 11.7 Å². The molecule has 3 rings (SSSR count). The molecular formula is C18H27N3O2. The Balaban J connectivity index is 1.55. The largest absolute Gasteiger partial charge is 0.353 e. The quantitative estimate of drug-likeness (QED) is 0.849. The molecule has 1 aromatic heterocycles. The zero-order valence-electron chi connectivity index (χ0n) is 14.4. The molecule has 0 bridgehead atoms. The van der Waals surface area contributed by atoms with E-state index in [9.17, 15) is 9.59 Å². The lowest BCUT2D eigenvalue weighted by Gasteiger charge is -2.20. The van der Waals surface area contributed by atoms with Gasteiger partial charge in [-0.25, -0.2) is 0 Å². The van der Waals surface area contributed by atoms with Crippen molar-refractivity contribution in [2.45, 2.75) is 71.9 Å². The Labute approximate surface area is 137 Å². The van der Waals surface area contributed by atoms with E-state index in [2.05, 4.69) is 10.4 Å². The van der Waals surface area contributed by atoms with Crippen LogP contribution >= 0.6 is 0 Å². The van der Waals surface area contributed by atoms with Gasteiger partial charge in [-0.3, -0.25) is 14.3 Å². The highest BCUT2D eigenvalue weighted by molar-refractivity contribution is 5.96. The second-order valence-corrected chi connectivity index (χ2v) is 7.18. The van der Waals surface area contributed by atoms with Gasteiger partial charge >= 0.3 is 0 Å². The predicted octanol–water partition coefficient (Wildman–Crippen LogP) is 2.79. The number of aryl methyl sites for hydroxylation is 2. The van der Waals surface area contributed by atoms with Gasteiger partial charge in [-0.2, -0.15) is 5.10 Å². The van der Waals surface area contributed by atoms with Crippen LogP contribution in [-0.2, 0) is 11.3 Å². The number of fused-ring (bicyclic) bond motifs is 1. The van der Waals surface area contributed by atoms with Crippen LogP contribution in [0.1, 0.15) is 67.2 Å². The molecule has 3 atom stereocenters. The SMILES string of the molecule is CC(=O)c1c(C)nn(CCC(=O)N[C@H]2CC[C@@H]3CCC[C@@H]32)c1C. The van der Waals surface area contributed by atoms with Crippen LogP contribution in [0.25, 0.3) is 0 Å². The zero-order valence-corrected chi connectivity index (χ0v) is 14.4. The second kappa shape index (κ2) is 6.46. The molecule has 1 heterocycles. The number of ketones is 1. The van der Waals surface area contributed by atoms with Gasteiger partial charge < -0.3 is 5.32 Å². The summed E-state index contributed by atoms with van der Waals surface area (Å²) in [5.74, 6) is 1.69. The number of rotatable bonds is 5. The lowest BCUT2D eigenvalue weighted by molar-refractivity contribution is -0.122. The Morgan fingerprint density at radius 2 is 2.00 bits per heavy atom. The molecule has 0 aromatic carbocycles. The fourth-order valence-electron chi connectivity index (χ4n) is 4.65. The highest BCUT2D eigenvalue weighted by Gasteiger charge is 2.39. The van der Waals surface area contributed by atoms with Gasteiger partial charge in [0, 0.05) is 24.7 Å². The number of amides is 1. The van der Waals surface area contributed by atoms with Gasteiger partial charge in [-0.05, 0) is 51.9 Å². The van der Waals surface area contributed by atoms with Gasteiger partial charge in [-0.1, -0.05) is 12.8 Å². The van der Waals surface area contributed by atoms with Crippen LogP contribution in [0.3, 0.4) is 0 Å². The molecule has 2 fully saturated rings. The topological polar surface area (TPSA) is 64.0 Å². The molecule has 5 nitrogen and oxygen atoms in total. The summed E-state index contributed by atoms with van der Waals surface area (Å²) in [4.78, 5) is 23.9. The summed E-state index contributed by atoms with van der Waals surface area (Å²) in [6.45, 7) is 5.84. The van der Waals surface area contributed by atoms with Crippen LogP contribution in [0, 0.1) is 25.7 Å². The lowest BCUT2D eigenvalue weighted by Crippen LogP contribution is -2.38. The molecule has 1 amide bonds. The van der Waals surface area contributed by atoms with E-state index in [1.807, 2.05) is 13.8 Å². The van der Waals surface area contributed by atoms with Crippen LogP contribution in [-0.4, -0.2) is 27.5 Å². The lowest BCUT2D eigenvalue weighted by atomic mass is 9.97. The molecule has 126 valence electrons. The maximum Gasteiger partial charge on any atom is 0.222 e. The van der Waals surface area contributed by atoms with Gasteiger partial charge in [0.2, 0.25) is 5.91 Å². The van der Waals surface area contributed by atoms with Crippen molar-refractivity contribution in [3.05, 3.63) is 17.0 Å². The molecule has 23 heavy (non-hydrogen) atoms. The average Bonchev–Trinajstić information content (AvgIpc) is 3.14. The van der Waals surface area contributed by atoms with Crippen molar-refractivity contribution >= 4 is 11.7 Å². The summed E-state index contributed by atoms with van der Waals surface area (Å²) >= 11 is 0. The van der Waals surface area contributed by atoms with E-state index < -0.39 is 0 Å². The number of hydrogen-bond donors (Lipinski definition) is 1. The van der Waals surface area contributed by atoms with E-state index >= 15 is 0 Å². The van der Waals surface area contributed by atoms with Crippen LogP contribution in [0.15, 0.2) is 0 Å². The first-order chi connectivity index (χ1) is 11.0. The minimum absolute atomic E-state index is 0.0360. The number of Topliss-reactive ketones (excluding diaryl/α,β-unsaturated/α-hetero) is 1. The third-order valence-electron chi connectivity index (χ3n) is 5.71. The van der Waals surface area contributed by atoms with Crippen molar-refractivity contribution in [3.63, 3.8) is 0 Å². The second-order valence-electron chi connectivity index (χ2n) is 7.18. The van der Waals surface area contributed by atoms with Gasteiger partial charge in [0.05, 0.1) is 11.3 Å². The number of nitrogens with one attached hydrogen (secondary N) is 1. The summed E-state index contributed by atoms with van der Waals surface area (Å²) in [5, 5.41) is 7.64. The maximum absolute atomic E-state index is 12.3. The monoisotopic (exact) mass is 317 g/mol. The number of hydrogen-bond acceptors (Lipinski definition) is 3. The van der Waals surface area contributed by atoms with E-state index in [0.717, 1.165) is 23.7 Å². The highest BCUT2D eigenvalue weighted by atomic mass is 16.1. The van der Waals surface area contributed by atoms with Crippen molar-refractivity contribution in [2.24, 2.45) is 11.8 Å². The van der Waals surface area contributed by atoms with Gasteiger partial charge in [0.15, 0.2) is 5.78 Å². The highest BCUT2D eigenvalue weighted by Crippen LogP contribution is 2.43. The normalized spacial score (nSPS) is 26.3. The Morgan fingerprint density at radius 1 is 1.22 bits per heavy atom. The smallest absolute Gasteiger partial charge is 0.222 e. The zero-order chi connectivity index (χ0) is 16.6. The Kier molecular flexibility index (Phi) is 4.55. The average molecular weight is 317 g/mol. The Bertz CT molecular complexity index is 620. The van der Waals surface area contributed by atoms with E-state index in [1.165, 1.54) is 25.7 Å². The molecule has 2 aliphatic carbocycles. The van der Waals surface area contributed by atoms with Gasteiger partial charge in [0.1, 0.15) is 0 Å². The molecule has 2 saturated carbocycles. The first-order valence-corrected chi connectivity index (χ1v) is 8.81. The number of nitrogens with zero attached hydrogens (tertiary/aromatic N) is 2. The number of carbonyl (C=O) groups excluding carboxylic acids is 2. The van der Waals surface area contributed by atoms with Crippen molar-refractivity contribution in [1.29, 1.82) is 0 Å². The standard InChI is InChI=1S/C18H27N3O2/c1-11-18(13(3)22)12(2)21(20-11)10-9-17(23)19-16-8-7-14-5-4-6-15(14)16/h14-16H,4-10H2,1-3H3,(H,19,23)/t14-,15-,16-/m0/s1. The molecule has 1 aromatic rings. The molecule has 2 aliphatic rings. The van der Waals surface area contributed by atoms with E-state index in [1.54, 1.807) is 11.6 Å². The molecular weight excluding hydrogens is 290 g/mol. The van der Waals surface area contributed by atoms with Gasteiger partial charge in [0.25, 0.3) is 0 Å². The minimum Gasteiger partial charge on any atom is -0.353 e. The van der Waals surface area contributed by atoms with Crippen molar-refractivity contribution < 1.29 is 9.59 Å². The number of carbonyl (C=O) groups is 2. The third-order valence-corrected chi connectivity index (χ3v) is 5.71. The summed E-state index contributed by atoms with van der Waals surface area (Å²) in [6, 6.07) is 0.378. The van der Waals surface area contributed by atoms with E-state index in [4.69, 9.17) is 0 Å². The molecule has 0 spiro atoms. The summed E-state index contributed by atoms with van der Waals surface area (Å²) in [5.41, 5.74) is 2.30. The fraction of sp³-hybridized carbons (Fsp3) is 0.722. The fourth-order valence-corrected chi connectivity index (χ4v) is 4.65. The summed E-state index contributed by atoms with van der Waals surface area (Å²) < 4.78 is 1.79. The Hall–Kier alpha value is -1.65. The molecule has 0 aliphatic heterocycles. The molecule has 1 N–H and O–H groups in total. The molecule has 5 heteroatoms. The minimum atomic E-state index is 0.0360. The summed E-state index contributed by atoms with van der Waals surface area (Å²) in [7, 11) is 0. The van der Waals surface area contributed by atoms with Crippen molar-refractivity contribution in [2.75, 3.05) is 0 Å². The van der Waals surface area contributed by atoms with Gasteiger partial charge in [-0.15, -0.1) is 0 Å².